The topological polar surface area (TPSA) is 66.8 Å². The number of aliphatic carboxylic acids is 1. The molecule has 0 unspecified atom stereocenters. The number of hydrogen-bond acceptors (Lipinski definition) is 3. The van der Waals surface area contributed by atoms with Crippen LogP contribution in [0.15, 0.2) is 18.2 Å². The average molecular weight is 265 g/mol. The standard InChI is InChI=1S/C14H19NO4/c1-4-11-9-10(5-6-12(11)19-3)7-8-15(2)13(16)14(17)18/h5-6,9H,4,7-8H2,1-3H3,(H,17,18). The molecule has 5 heteroatoms. The van der Waals surface area contributed by atoms with Gasteiger partial charge in [-0.05, 0) is 30.0 Å². The minimum Gasteiger partial charge on any atom is -0.496 e. The summed E-state index contributed by atoms with van der Waals surface area (Å²) in [5, 5.41) is 8.59. The Labute approximate surface area is 112 Å². The number of likely N-dealkylation sites (N-methyl/N-ethyl adjacent to an activating group) is 1. The van der Waals surface area contributed by atoms with E-state index in [0.29, 0.717) is 13.0 Å². The van der Waals surface area contributed by atoms with Crippen LogP contribution in [-0.2, 0) is 22.4 Å². The van der Waals surface area contributed by atoms with Crippen LogP contribution in [0.1, 0.15) is 18.1 Å². The fourth-order valence-corrected chi connectivity index (χ4v) is 1.83. The number of ether oxygens (including phenoxy) is 1. The fraction of sp³-hybridized carbons (Fsp3) is 0.429. The minimum absolute atomic E-state index is 0.376. The van der Waals surface area contributed by atoms with Crippen molar-refractivity contribution in [1.29, 1.82) is 0 Å². The van der Waals surface area contributed by atoms with E-state index >= 15 is 0 Å². The van der Waals surface area contributed by atoms with E-state index in [4.69, 9.17) is 9.84 Å². The highest BCUT2D eigenvalue weighted by Gasteiger charge is 2.16. The summed E-state index contributed by atoms with van der Waals surface area (Å²) in [5.74, 6) is -1.46. The molecule has 0 aliphatic carbocycles. The quantitative estimate of drug-likeness (QED) is 0.816. The first-order chi connectivity index (χ1) is 8.99. The van der Waals surface area contributed by atoms with Crippen LogP contribution < -0.4 is 4.74 Å². The predicted molar refractivity (Wildman–Crippen MR) is 71.3 cm³/mol. The van der Waals surface area contributed by atoms with Crippen molar-refractivity contribution in [2.24, 2.45) is 0 Å². The lowest BCUT2D eigenvalue weighted by Crippen LogP contribution is -2.34. The van der Waals surface area contributed by atoms with Gasteiger partial charge in [-0.15, -0.1) is 0 Å². The van der Waals surface area contributed by atoms with E-state index in [2.05, 4.69) is 0 Å². The Bertz CT molecular complexity index is 471. The third kappa shape index (κ3) is 3.98. The summed E-state index contributed by atoms with van der Waals surface area (Å²) in [6, 6.07) is 5.85. The molecule has 0 radical (unpaired) electrons. The molecule has 1 rings (SSSR count). The van der Waals surface area contributed by atoms with Crippen LogP contribution in [0.2, 0.25) is 0 Å². The molecule has 0 heterocycles. The molecule has 0 saturated heterocycles. The van der Waals surface area contributed by atoms with Crippen LogP contribution in [0.3, 0.4) is 0 Å². The number of carbonyl (C=O) groups is 2. The lowest BCUT2D eigenvalue weighted by molar-refractivity contribution is -0.155. The van der Waals surface area contributed by atoms with Gasteiger partial charge in [0.15, 0.2) is 0 Å². The largest absolute Gasteiger partial charge is 0.496 e. The highest BCUT2D eigenvalue weighted by molar-refractivity contribution is 6.31. The lowest BCUT2D eigenvalue weighted by atomic mass is 10.1. The van der Waals surface area contributed by atoms with Gasteiger partial charge in [0, 0.05) is 13.6 Å². The number of carbonyl (C=O) groups excluding carboxylic acids is 1. The average Bonchev–Trinajstić information content (AvgIpc) is 2.43. The van der Waals surface area contributed by atoms with Crippen LogP contribution in [0.25, 0.3) is 0 Å². The molecule has 0 aliphatic heterocycles. The predicted octanol–water partition coefficient (Wildman–Crippen LogP) is 1.34. The van der Waals surface area contributed by atoms with Crippen LogP contribution in [0.5, 0.6) is 5.75 Å². The molecule has 0 aromatic heterocycles. The molecule has 0 atom stereocenters. The van der Waals surface area contributed by atoms with E-state index in [0.717, 1.165) is 23.3 Å². The summed E-state index contributed by atoms with van der Waals surface area (Å²) in [5.41, 5.74) is 2.16. The summed E-state index contributed by atoms with van der Waals surface area (Å²) in [6.45, 7) is 2.42. The monoisotopic (exact) mass is 265 g/mol. The van der Waals surface area contributed by atoms with Crippen molar-refractivity contribution >= 4 is 11.9 Å². The molecule has 0 bridgehead atoms. The Morgan fingerprint density at radius 3 is 2.58 bits per heavy atom. The van der Waals surface area contributed by atoms with Gasteiger partial charge in [-0.3, -0.25) is 4.79 Å². The van der Waals surface area contributed by atoms with Gasteiger partial charge in [-0.25, -0.2) is 4.79 Å². The number of rotatable bonds is 5. The van der Waals surface area contributed by atoms with Crippen molar-refractivity contribution in [3.8, 4) is 5.75 Å². The molecule has 104 valence electrons. The van der Waals surface area contributed by atoms with E-state index in [1.807, 2.05) is 25.1 Å². The summed E-state index contributed by atoms with van der Waals surface area (Å²) in [4.78, 5) is 22.9. The van der Waals surface area contributed by atoms with Crippen LogP contribution in [-0.4, -0.2) is 42.6 Å². The first kappa shape index (κ1) is 15.0. The van der Waals surface area contributed by atoms with E-state index in [1.165, 1.54) is 11.9 Å². The maximum atomic E-state index is 11.2. The number of carboxylic acids is 1. The van der Waals surface area contributed by atoms with E-state index < -0.39 is 11.9 Å². The van der Waals surface area contributed by atoms with Gasteiger partial charge in [-0.2, -0.15) is 0 Å². The van der Waals surface area contributed by atoms with Crippen LogP contribution in [0, 0.1) is 0 Å². The summed E-state index contributed by atoms with van der Waals surface area (Å²) >= 11 is 0. The highest BCUT2D eigenvalue weighted by atomic mass is 16.5. The molecule has 1 aromatic rings. The Morgan fingerprint density at radius 2 is 2.05 bits per heavy atom. The summed E-state index contributed by atoms with van der Waals surface area (Å²) in [6.07, 6.45) is 1.48. The molecule has 1 aromatic carbocycles. The number of hydrogen-bond donors (Lipinski definition) is 1. The van der Waals surface area contributed by atoms with Crippen LogP contribution >= 0.6 is 0 Å². The highest BCUT2D eigenvalue weighted by Crippen LogP contribution is 2.20. The Hall–Kier alpha value is -2.04. The van der Waals surface area contributed by atoms with Gasteiger partial charge in [-0.1, -0.05) is 19.1 Å². The normalized spacial score (nSPS) is 10.1. The smallest absolute Gasteiger partial charge is 0.394 e. The van der Waals surface area contributed by atoms with Crippen molar-refractivity contribution in [3.63, 3.8) is 0 Å². The molecule has 19 heavy (non-hydrogen) atoms. The molecular weight excluding hydrogens is 246 g/mol. The summed E-state index contributed by atoms with van der Waals surface area (Å²) < 4.78 is 5.24. The molecule has 0 fully saturated rings. The molecule has 0 spiro atoms. The number of amides is 1. The minimum atomic E-state index is -1.42. The lowest BCUT2D eigenvalue weighted by Gasteiger charge is -2.15. The number of aryl methyl sites for hydroxylation is 1. The number of benzene rings is 1. The molecule has 0 saturated carbocycles. The zero-order valence-corrected chi connectivity index (χ0v) is 11.5. The first-order valence-electron chi connectivity index (χ1n) is 6.13. The zero-order chi connectivity index (χ0) is 14.4. The Balaban J connectivity index is 2.68. The second kappa shape index (κ2) is 6.78. The molecule has 5 nitrogen and oxygen atoms in total. The van der Waals surface area contributed by atoms with Gasteiger partial charge >= 0.3 is 11.9 Å². The Morgan fingerprint density at radius 1 is 1.37 bits per heavy atom. The fourth-order valence-electron chi connectivity index (χ4n) is 1.83. The van der Waals surface area contributed by atoms with Crippen molar-refractivity contribution in [3.05, 3.63) is 29.3 Å². The van der Waals surface area contributed by atoms with Crippen molar-refractivity contribution < 1.29 is 19.4 Å². The maximum Gasteiger partial charge on any atom is 0.394 e. The second-order valence-electron chi connectivity index (χ2n) is 4.28. The Kier molecular flexibility index (Phi) is 5.36. The third-order valence-electron chi connectivity index (χ3n) is 2.99. The van der Waals surface area contributed by atoms with E-state index in [9.17, 15) is 9.59 Å². The van der Waals surface area contributed by atoms with Crippen molar-refractivity contribution in [2.75, 3.05) is 20.7 Å². The summed E-state index contributed by atoms with van der Waals surface area (Å²) in [7, 11) is 3.12. The SMILES string of the molecule is CCc1cc(CCN(C)C(=O)C(=O)O)ccc1OC. The molecule has 0 aliphatic rings. The van der Waals surface area contributed by atoms with Crippen molar-refractivity contribution in [2.45, 2.75) is 19.8 Å². The van der Waals surface area contributed by atoms with Gasteiger partial charge in [0.05, 0.1) is 7.11 Å². The molecule has 1 N–H and O–H groups in total. The first-order valence-corrected chi connectivity index (χ1v) is 6.13. The van der Waals surface area contributed by atoms with Gasteiger partial charge in [0.1, 0.15) is 5.75 Å². The number of methoxy groups -OCH3 is 1. The maximum absolute atomic E-state index is 11.2. The number of carboxylic acid groups (broad SMARTS) is 1. The molecule has 1 amide bonds. The van der Waals surface area contributed by atoms with Gasteiger partial charge < -0.3 is 14.7 Å². The van der Waals surface area contributed by atoms with Crippen LogP contribution in [0.4, 0.5) is 0 Å². The van der Waals surface area contributed by atoms with Gasteiger partial charge in [0.2, 0.25) is 0 Å². The van der Waals surface area contributed by atoms with E-state index in [-0.39, 0.29) is 0 Å². The van der Waals surface area contributed by atoms with Gasteiger partial charge in [0.25, 0.3) is 0 Å². The second-order valence-corrected chi connectivity index (χ2v) is 4.28. The molecular formula is C14H19NO4. The number of nitrogens with zero attached hydrogens (tertiary/aromatic N) is 1. The van der Waals surface area contributed by atoms with Crippen molar-refractivity contribution in [1.82, 2.24) is 4.90 Å². The zero-order valence-electron chi connectivity index (χ0n) is 11.5. The van der Waals surface area contributed by atoms with E-state index in [1.54, 1.807) is 7.11 Å². The third-order valence-corrected chi connectivity index (χ3v) is 2.99.